The predicted octanol–water partition coefficient (Wildman–Crippen LogP) is 5.15. The molecule has 1 heteroatoms. The van der Waals surface area contributed by atoms with Gasteiger partial charge in [-0.2, -0.15) is 0 Å². The van der Waals surface area contributed by atoms with Crippen molar-refractivity contribution in [2.45, 2.75) is 66.2 Å². The Kier molecular flexibility index (Phi) is 3.27. The molecule has 4 fully saturated rings. The Labute approximate surface area is 131 Å². The first kappa shape index (κ1) is 14.5. The average Bonchev–Trinajstić information content (AvgIpc) is 3.12. The molecule has 0 amide bonds. The van der Waals surface area contributed by atoms with Gasteiger partial charge in [0, 0.05) is 0 Å². The van der Waals surface area contributed by atoms with Gasteiger partial charge in [0.2, 0.25) is 0 Å². The monoisotopic (exact) mass is 290 g/mol. The number of rotatable bonds is 4. The molecule has 4 bridgehead atoms. The molecular formula is C20H34O. The van der Waals surface area contributed by atoms with E-state index in [0.717, 1.165) is 48.7 Å². The molecule has 21 heavy (non-hydrogen) atoms. The summed E-state index contributed by atoms with van der Waals surface area (Å²) in [7, 11) is 0. The zero-order chi connectivity index (χ0) is 14.8. The van der Waals surface area contributed by atoms with Crippen molar-refractivity contribution < 1.29 is 4.74 Å². The highest BCUT2D eigenvalue weighted by molar-refractivity contribution is 5.03. The zero-order valence-corrected chi connectivity index (χ0v) is 14.5. The normalized spacial score (nSPS) is 49.1. The topological polar surface area (TPSA) is 9.23 Å². The summed E-state index contributed by atoms with van der Waals surface area (Å²) in [5, 5.41) is 0. The third kappa shape index (κ3) is 2.06. The second-order valence-electron chi connectivity index (χ2n) is 9.93. The SMILES string of the molecule is CC1(C)C2CCC(C2)C1COCC1C2CCC(C2)C1(C)C. The summed E-state index contributed by atoms with van der Waals surface area (Å²) in [4.78, 5) is 0. The van der Waals surface area contributed by atoms with Gasteiger partial charge in [0.1, 0.15) is 0 Å². The summed E-state index contributed by atoms with van der Waals surface area (Å²) < 4.78 is 6.38. The summed E-state index contributed by atoms with van der Waals surface area (Å²) in [5.74, 6) is 5.57. The Morgan fingerprint density at radius 3 is 1.48 bits per heavy atom. The van der Waals surface area contributed by atoms with Gasteiger partial charge in [-0.15, -0.1) is 0 Å². The lowest BCUT2D eigenvalue weighted by molar-refractivity contribution is -0.0275. The number of ether oxygens (including phenoxy) is 1. The van der Waals surface area contributed by atoms with Crippen LogP contribution in [0.4, 0.5) is 0 Å². The number of hydrogen-bond acceptors (Lipinski definition) is 1. The third-order valence-electron chi connectivity index (χ3n) is 8.69. The maximum atomic E-state index is 6.38. The second-order valence-corrected chi connectivity index (χ2v) is 9.93. The van der Waals surface area contributed by atoms with Gasteiger partial charge in [-0.05, 0) is 84.9 Å². The van der Waals surface area contributed by atoms with Crippen LogP contribution in [0.2, 0.25) is 0 Å². The molecule has 4 aliphatic rings. The molecule has 4 rings (SSSR count). The van der Waals surface area contributed by atoms with E-state index in [4.69, 9.17) is 4.74 Å². The van der Waals surface area contributed by atoms with Gasteiger partial charge in [0.05, 0.1) is 13.2 Å². The number of fused-ring (bicyclic) bond motifs is 4. The smallest absolute Gasteiger partial charge is 0.0502 e. The van der Waals surface area contributed by atoms with Crippen molar-refractivity contribution in [1.29, 1.82) is 0 Å². The molecule has 0 aliphatic heterocycles. The molecule has 6 atom stereocenters. The van der Waals surface area contributed by atoms with Crippen LogP contribution in [0.5, 0.6) is 0 Å². The largest absolute Gasteiger partial charge is 0.381 e. The molecule has 0 heterocycles. The van der Waals surface area contributed by atoms with Crippen LogP contribution in [0.3, 0.4) is 0 Å². The minimum atomic E-state index is 0.535. The van der Waals surface area contributed by atoms with Crippen molar-refractivity contribution in [3.05, 3.63) is 0 Å². The Morgan fingerprint density at radius 2 is 1.14 bits per heavy atom. The van der Waals surface area contributed by atoms with Gasteiger partial charge in [-0.3, -0.25) is 0 Å². The van der Waals surface area contributed by atoms with Crippen molar-refractivity contribution in [3.63, 3.8) is 0 Å². The number of hydrogen-bond donors (Lipinski definition) is 0. The minimum absolute atomic E-state index is 0.535. The van der Waals surface area contributed by atoms with E-state index in [1.807, 2.05) is 0 Å². The Bertz CT molecular complexity index is 372. The van der Waals surface area contributed by atoms with Gasteiger partial charge < -0.3 is 4.74 Å². The molecule has 1 nitrogen and oxygen atoms in total. The highest BCUT2D eigenvalue weighted by atomic mass is 16.5. The van der Waals surface area contributed by atoms with Crippen molar-refractivity contribution in [3.8, 4) is 0 Å². The summed E-state index contributed by atoms with van der Waals surface area (Å²) in [6.45, 7) is 12.1. The second kappa shape index (κ2) is 4.73. The molecule has 0 N–H and O–H groups in total. The lowest BCUT2D eigenvalue weighted by atomic mass is 9.68. The van der Waals surface area contributed by atoms with Gasteiger partial charge in [0.25, 0.3) is 0 Å². The maximum absolute atomic E-state index is 6.38. The summed E-state index contributed by atoms with van der Waals surface area (Å²) >= 11 is 0. The molecular weight excluding hydrogens is 256 g/mol. The highest BCUT2D eigenvalue weighted by Gasteiger charge is 2.54. The molecule has 4 saturated carbocycles. The average molecular weight is 290 g/mol. The zero-order valence-electron chi connectivity index (χ0n) is 14.5. The summed E-state index contributed by atoms with van der Waals surface area (Å²) in [6.07, 6.45) is 8.88. The van der Waals surface area contributed by atoms with Crippen LogP contribution in [0.1, 0.15) is 66.2 Å². The van der Waals surface area contributed by atoms with Crippen LogP contribution in [0.25, 0.3) is 0 Å². The summed E-state index contributed by atoms with van der Waals surface area (Å²) in [6, 6.07) is 0. The van der Waals surface area contributed by atoms with Gasteiger partial charge >= 0.3 is 0 Å². The van der Waals surface area contributed by atoms with Crippen molar-refractivity contribution in [2.24, 2.45) is 46.3 Å². The van der Waals surface area contributed by atoms with Crippen LogP contribution < -0.4 is 0 Å². The van der Waals surface area contributed by atoms with E-state index in [1.165, 1.54) is 38.5 Å². The lowest BCUT2D eigenvalue weighted by Crippen LogP contribution is -2.37. The van der Waals surface area contributed by atoms with Crippen molar-refractivity contribution >= 4 is 0 Å². The Balaban J connectivity index is 1.34. The first-order valence-corrected chi connectivity index (χ1v) is 9.48. The van der Waals surface area contributed by atoms with Crippen molar-refractivity contribution in [1.82, 2.24) is 0 Å². The molecule has 0 spiro atoms. The van der Waals surface area contributed by atoms with Gasteiger partial charge in [0.15, 0.2) is 0 Å². The van der Waals surface area contributed by atoms with Gasteiger partial charge in [-0.1, -0.05) is 27.7 Å². The fraction of sp³-hybridized carbons (Fsp3) is 1.00. The predicted molar refractivity (Wildman–Crippen MR) is 87.0 cm³/mol. The van der Waals surface area contributed by atoms with E-state index in [2.05, 4.69) is 27.7 Å². The molecule has 120 valence electrons. The van der Waals surface area contributed by atoms with E-state index in [0.29, 0.717) is 10.8 Å². The molecule has 6 unspecified atom stereocenters. The molecule has 0 radical (unpaired) electrons. The highest BCUT2D eigenvalue weighted by Crippen LogP contribution is 2.61. The van der Waals surface area contributed by atoms with E-state index < -0.39 is 0 Å². The first-order chi connectivity index (χ1) is 9.90. The van der Waals surface area contributed by atoms with Crippen LogP contribution in [-0.4, -0.2) is 13.2 Å². The van der Waals surface area contributed by atoms with E-state index >= 15 is 0 Å². The quantitative estimate of drug-likeness (QED) is 0.696. The van der Waals surface area contributed by atoms with E-state index in [9.17, 15) is 0 Å². The third-order valence-corrected chi connectivity index (χ3v) is 8.69. The van der Waals surface area contributed by atoms with Crippen molar-refractivity contribution in [2.75, 3.05) is 13.2 Å². The Hall–Kier alpha value is -0.0400. The van der Waals surface area contributed by atoms with E-state index in [-0.39, 0.29) is 0 Å². The molecule has 4 aliphatic carbocycles. The lowest BCUT2D eigenvalue weighted by Gasteiger charge is -2.40. The van der Waals surface area contributed by atoms with Crippen LogP contribution in [0, 0.1) is 46.3 Å². The fourth-order valence-corrected chi connectivity index (χ4v) is 6.96. The molecule has 0 aromatic heterocycles. The Morgan fingerprint density at radius 1 is 0.714 bits per heavy atom. The van der Waals surface area contributed by atoms with Gasteiger partial charge in [-0.25, -0.2) is 0 Å². The van der Waals surface area contributed by atoms with Crippen LogP contribution in [-0.2, 0) is 4.74 Å². The molecule has 0 aromatic rings. The summed E-state index contributed by atoms with van der Waals surface area (Å²) in [5.41, 5.74) is 1.07. The fourth-order valence-electron chi connectivity index (χ4n) is 6.96. The van der Waals surface area contributed by atoms with Crippen LogP contribution in [0.15, 0.2) is 0 Å². The first-order valence-electron chi connectivity index (χ1n) is 9.48. The minimum Gasteiger partial charge on any atom is -0.381 e. The van der Waals surface area contributed by atoms with Crippen LogP contribution >= 0.6 is 0 Å². The molecule has 0 aromatic carbocycles. The van der Waals surface area contributed by atoms with E-state index in [1.54, 1.807) is 0 Å². The maximum Gasteiger partial charge on any atom is 0.0502 e. The molecule has 0 saturated heterocycles. The standard InChI is InChI=1S/C20H34O/c1-19(2)15-7-5-13(9-15)17(19)11-21-12-18-14-6-8-16(10-14)20(18,3)4/h13-18H,5-12H2,1-4H3.